The minimum Gasteiger partial charge on any atom is -0.456 e. The van der Waals surface area contributed by atoms with E-state index in [1.165, 1.54) is 18.3 Å². The second kappa shape index (κ2) is 8.74. The number of esters is 1. The number of benzene rings is 1. The van der Waals surface area contributed by atoms with Gasteiger partial charge in [-0.25, -0.2) is 4.79 Å². The van der Waals surface area contributed by atoms with Gasteiger partial charge in [0, 0.05) is 37.2 Å². The van der Waals surface area contributed by atoms with Crippen molar-refractivity contribution in [1.29, 1.82) is 0 Å². The largest absolute Gasteiger partial charge is 0.573 e. The van der Waals surface area contributed by atoms with Gasteiger partial charge in [-0.05, 0) is 63.6 Å². The van der Waals surface area contributed by atoms with Crippen molar-refractivity contribution in [1.82, 2.24) is 9.88 Å². The first-order valence-corrected chi connectivity index (χ1v) is 9.92. The molecule has 0 saturated carbocycles. The van der Waals surface area contributed by atoms with Crippen LogP contribution in [0.25, 0.3) is 0 Å². The van der Waals surface area contributed by atoms with Crippen LogP contribution in [0.3, 0.4) is 0 Å². The van der Waals surface area contributed by atoms with Crippen LogP contribution in [0.1, 0.15) is 43.6 Å². The van der Waals surface area contributed by atoms with E-state index in [0.717, 1.165) is 11.3 Å². The average molecular weight is 437 g/mol. The van der Waals surface area contributed by atoms with E-state index in [1.807, 2.05) is 20.8 Å². The third kappa shape index (κ3) is 6.33. The van der Waals surface area contributed by atoms with E-state index in [2.05, 4.69) is 26.4 Å². The lowest BCUT2D eigenvalue weighted by Crippen LogP contribution is -2.30. The minimum atomic E-state index is -4.71. The number of hydrogen-bond donors (Lipinski definition) is 0. The molecular weight excluding hydrogens is 411 g/mol. The number of anilines is 1. The summed E-state index contributed by atoms with van der Waals surface area (Å²) in [5, 5.41) is 0. The van der Waals surface area contributed by atoms with E-state index in [9.17, 15) is 18.0 Å². The number of hydrogen-bond acceptors (Lipinski definition) is 6. The fourth-order valence-electron chi connectivity index (χ4n) is 3.40. The summed E-state index contributed by atoms with van der Waals surface area (Å²) in [7, 11) is 0. The van der Waals surface area contributed by atoms with Crippen LogP contribution in [0.4, 0.5) is 18.9 Å². The second-order valence-corrected chi connectivity index (χ2v) is 8.54. The lowest BCUT2D eigenvalue weighted by atomic mass is 10.1. The number of carbonyl (C=O) groups is 1. The first-order chi connectivity index (χ1) is 14.4. The highest BCUT2D eigenvalue weighted by Gasteiger charge is 2.32. The first kappa shape index (κ1) is 22.9. The van der Waals surface area contributed by atoms with Crippen LogP contribution in [0.15, 0.2) is 42.7 Å². The monoisotopic (exact) mass is 437 g/mol. The highest BCUT2D eigenvalue weighted by molar-refractivity contribution is 5.91. The smallest absolute Gasteiger partial charge is 0.456 e. The Bertz CT molecular complexity index is 911. The predicted molar refractivity (Wildman–Crippen MR) is 110 cm³/mol. The summed E-state index contributed by atoms with van der Waals surface area (Å²) >= 11 is 0. The van der Waals surface area contributed by atoms with Gasteiger partial charge in [0.1, 0.15) is 11.4 Å². The molecule has 2 heterocycles. The summed E-state index contributed by atoms with van der Waals surface area (Å²) < 4.78 is 46.5. The summed E-state index contributed by atoms with van der Waals surface area (Å²) in [4.78, 5) is 20.9. The van der Waals surface area contributed by atoms with Gasteiger partial charge in [0.2, 0.25) is 0 Å². The van der Waals surface area contributed by atoms with Crippen molar-refractivity contribution < 1.29 is 27.4 Å². The lowest BCUT2D eigenvalue weighted by Gasteiger charge is -2.23. The van der Waals surface area contributed by atoms with E-state index >= 15 is 0 Å². The number of alkyl halides is 3. The molecule has 1 aliphatic heterocycles. The summed E-state index contributed by atoms with van der Waals surface area (Å²) in [6.45, 7) is 9.29. The molecule has 6 nitrogen and oxygen atoms in total. The second-order valence-electron chi connectivity index (χ2n) is 8.54. The minimum absolute atomic E-state index is 0.172. The SMILES string of the molecule is CC1CN(c2ccc(OC(F)(F)F)cc2)CN1Cc1ccncc1C(=O)OC(C)(C)C. The number of nitrogens with zero attached hydrogens (tertiary/aromatic N) is 3. The molecule has 1 aromatic heterocycles. The van der Waals surface area contributed by atoms with E-state index in [-0.39, 0.29) is 11.8 Å². The number of rotatable bonds is 5. The molecule has 1 aromatic carbocycles. The number of halogens is 3. The van der Waals surface area contributed by atoms with Gasteiger partial charge in [0.25, 0.3) is 0 Å². The Morgan fingerprint density at radius 1 is 1.16 bits per heavy atom. The fourth-order valence-corrected chi connectivity index (χ4v) is 3.40. The Morgan fingerprint density at radius 3 is 2.45 bits per heavy atom. The number of carbonyl (C=O) groups excluding carboxylic acids is 1. The molecule has 0 N–H and O–H groups in total. The maximum atomic E-state index is 12.6. The molecule has 31 heavy (non-hydrogen) atoms. The van der Waals surface area contributed by atoms with E-state index in [4.69, 9.17) is 4.74 Å². The van der Waals surface area contributed by atoms with Gasteiger partial charge in [-0.15, -0.1) is 13.2 Å². The van der Waals surface area contributed by atoms with Crippen LogP contribution >= 0.6 is 0 Å². The van der Waals surface area contributed by atoms with Crippen LogP contribution in [-0.2, 0) is 11.3 Å². The van der Waals surface area contributed by atoms with E-state index < -0.39 is 17.9 Å². The zero-order valence-corrected chi connectivity index (χ0v) is 17.9. The van der Waals surface area contributed by atoms with Crippen molar-refractivity contribution in [2.45, 2.75) is 52.2 Å². The van der Waals surface area contributed by atoms with Crippen LogP contribution in [0.5, 0.6) is 5.75 Å². The molecular formula is C22H26F3N3O3. The molecule has 1 unspecified atom stereocenters. The standard InChI is InChI=1S/C22H26F3N3O3/c1-15-12-28(17-5-7-18(8-6-17)30-22(23,24)25)14-27(15)13-16-9-10-26-11-19(16)20(29)31-21(2,3)4/h5-11,15H,12-14H2,1-4H3. The maximum absolute atomic E-state index is 12.6. The first-order valence-electron chi connectivity index (χ1n) is 9.92. The zero-order valence-electron chi connectivity index (χ0n) is 17.9. The normalized spacial score (nSPS) is 17.6. The molecule has 1 aliphatic rings. The summed E-state index contributed by atoms with van der Waals surface area (Å²) in [6, 6.07) is 7.80. The molecule has 0 spiro atoms. The molecule has 0 amide bonds. The van der Waals surface area contributed by atoms with Gasteiger partial charge in [-0.1, -0.05) is 0 Å². The number of ether oxygens (including phenoxy) is 2. The fraction of sp³-hybridized carbons (Fsp3) is 0.455. The van der Waals surface area contributed by atoms with Gasteiger partial charge < -0.3 is 14.4 Å². The summed E-state index contributed by atoms with van der Waals surface area (Å²) in [5.41, 5.74) is 1.43. The van der Waals surface area contributed by atoms with Crippen molar-refractivity contribution in [2.75, 3.05) is 18.1 Å². The van der Waals surface area contributed by atoms with Crippen molar-refractivity contribution in [2.24, 2.45) is 0 Å². The average Bonchev–Trinajstić information content (AvgIpc) is 3.00. The molecule has 0 aliphatic carbocycles. The van der Waals surface area contributed by atoms with Gasteiger partial charge >= 0.3 is 12.3 Å². The highest BCUT2D eigenvalue weighted by Crippen LogP contribution is 2.28. The van der Waals surface area contributed by atoms with E-state index in [1.54, 1.807) is 24.4 Å². The van der Waals surface area contributed by atoms with Crippen LogP contribution in [-0.4, -0.2) is 47.1 Å². The van der Waals surface area contributed by atoms with Crippen LogP contribution in [0, 0.1) is 0 Å². The topological polar surface area (TPSA) is 54.9 Å². The van der Waals surface area contributed by atoms with Crippen LogP contribution < -0.4 is 9.64 Å². The molecule has 3 rings (SSSR count). The zero-order chi connectivity index (χ0) is 22.8. The Balaban J connectivity index is 1.69. The Hall–Kier alpha value is -2.81. The quantitative estimate of drug-likeness (QED) is 0.637. The lowest BCUT2D eigenvalue weighted by molar-refractivity contribution is -0.274. The third-order valence-corrected chi connectivity index (χ3v) is 4.80. The molecule has 168 valence electrons. The maximum Gasteiger partial charge on any atom is 0.573 e. The van der Waals surface area contributed by atoms with Gasteiger partial charge in [-0.3, -0.25) is 9.88 Å². The van der Waals surface area contributed by atoms with Gasteiger partial charge in [-0.2, -0.15) is 0 Å². The Morgan fingerprint density at radius 2 is 1.84 bits per heavy atom. The molecule has 1 fully saturated rings. The highest BCUT2D eigenvalue weighted by atomic mass is 19.4. The van der Waals surface area contributed by atoms with Crippen molar-refractivity contribution in [3.05, 3.63) is 53.9 Å². The van der Waals surface area contributed by atoms with Crippen molar-refractivity contribution >= 4 is 11.7 Å². The van der Waals surface area contributed by atoms with Gasteiger partial charge in [0.05, 0.1) is 12.2 Å². The van der Waals surface area contributed by atoms with E-state index in [0.29, 0.717) is 25.3 Å². The third-order valence-electron chi connectivity index (χ3n) is 4.80. The summed E-state index contributed by atoms with van der Waals surface area (Å²) in [6.07, 6.45) is -1.56. The predicted octanol–water partition coefficient (Wildman–Crippen LogP) is 4.60. The van der Waals surface area contributed by atoms with Crippen LogP contribution in [0.2, 0.25) is 0 Å². The van der Waals surface area contributed by atoms with Crippen molar-refractivity contribution in [3.8, 4) is 5.75 Å². The van der Waals surface area contributed by atoms with Gasteiger partial charge in [0.15, 0.2) is 0 Å². The molecule has 0 bridgehead atoms. The number of aromatic nitrogens is 1. The molecule has 1 atom stereocenters. The Kier molecular flexibility index (Phi) is 6.45. The van der Waals surface area contributed by atoms with Crippen molar-refractivity contribution in [3.63, 3.8) is 0 Å². The summed E-state index contributed by atoms with van der Waals surface area (Å²) in [5.74, 6) is -0.668. The molecule has 9 heteroatoms. The molecule has 1 saturated heterocycles. The molecule has 0 radical (unpaired) electrons. The molecule has 2 aromatic rings. The number of pyridine rings is 1. The Labute approximate surface area is 179 Å².